The Morgan fingerprint density at radius 2 is 1.62 bits per heavy atom. The highest BCUT2D eigenvalue weighted by Crippen LogP contribution is 2.53. The van der Waals surface area contributed by atoms with Gasteiger partial charge in [-0.2, -0.15) is 0 Å². The van der Waals surface area contributed by atoms with E-state index >= 15 is 0 Å². The van der Waals surface area contributed by atoms with Gasteiger partial charge in [-0.1, -0.05) is 48.6 Å². The van der Waals surface area contributed by atoms with Gasteiger partial charge in [0.15, 0.2) is 0 Å². The fourth-order valence-corrected chi connectivity index (χ4v) is 5.08. The van der Waals surface area contributed by atoms with E-state index in [1.165, 1.54) is 4.90 Å². The molecule has 0 aromatic heterocycles. The molecule has 4 atom stereocenters. The molecule has 1 heterocycles. The van der Waals surface area contributed by atoms with Gasteiger partial charge in [0.05, 0.1) is 17.5 Å². The number of benzene rings is 2. The molecule has 29 heavy (non-hydrogen) atoms. The van der Waals surface area contributed by atoms with Crippen LogP contribution in [0.25, 0.3) is 0 Å². The summed E-state index contributed by atoms with van der Waals surface area (Å²) in [6, 6.07) is 16.6. The SMILES string of the molecule is CN(Cc1ccccc1)C(=O)c1cccc(N2C(=O)[C@H]3[C@H](C2=O)[C@H]2C=C[C@H]3C2)c1. The van der Waals surface area contributed by atoms with E-state index in [2.05, 4.69) is 12.2 Å². The summed E-state index contributed by atoms with van der Waals surface area (Å²) in [4.78, 5) is 41.9. The highest BCUT2D eigenvalue weighted by molar-refractivity contribution is 6.23. The molecule has 0 spiro atoms. The van der Waals surface area contributed by atoms with Crippen LogP contribution in [-0.2, 0) is 16.1 Å². The van der Waals surface area contributed by atoms with Crippen LogP contribution in [0.3, 0.4) is 0 Å². The van der Waals surface area contributed by atoms with E-state index in [1.54, 1.807) is 36.2 Å². The molecule has 2 aromatic rings. The second-order valence-corrected chi connectivity index (χ2v) is 8.21. The summed E-state index contributed by atoms with van der Waals surface area (Å²) in [6.45, 7) is 0.491. The Labute approximate surface area is 169 Å². The number of fused-ring (bicyclic) bond motifs is 5. The molecule has 3 amide bonds. The molecule has 2 aliphatic carbocycles. The van der Waals surface area contributed by atoms with Gasteiger partial charge in [0.1, 0.15) is 0 Å². The highest BCUT2D eigenvalue weighted by atomic mass is 16.2. The molecular formula is C24H22N2O3. The number of hydrogen-bond donors (Lipinski definition) is 0. The van der Waals surface area contributed by atoms with Gasteiger partial charge >= 0.3 is 0 Å². The average molecular weight is 386 g/mol. The maximum absolute atomic E-state index is 13.0. The minimum absolute atomic E-state index is 0.126. The molecule has 1 saturated carbocycles. The van der Waals surface area contributed by atoms with Crippen molar-refractivity contribution in [2.45, 2.75) is 13.0 Å². The molecule has 5 nitrogen and oxygen atoms in total. The molecule has 1 aliphatic heterocycles. The van der Waals surface area contributed by atoms with E-state index in [4.69, 9.17) is 0 Å². The molecule has 5 rings (SSSR count). The molecule has 146 valence electrons. The summed E-state index contributed by atoms with van der Waals surface area (Å²) in [6.07, 6.45) is 5.07. The van der Waals surface area contributed by atoms with Crippen molar-refractivity contribution in [2.24, 2.45) is 23.7 Å². The standard InChI is InChI=1S/C24H22N2O3/c1-25(14-15-6-3-2-4-7-15)22(27)18-8-5-9-19(13-18)26-23(28)20-16-10-11-17(12-16)21(20)24(26)29/h2-11,13,16-17,20-21H,12,14H2,1H3/t16-,17-,20+,21+/m0/s1. The van der Waals surface area contributed by atoms with Crippen LogP contribution in [0, 0.1) is 23.7 Å². The van der Waals surface area contributed by atoms with Gasteiger partial charge in [-0.25, -0.2) is 4.90 Å². The maximum Gasteiger partial charge on any atom is 0.253 e. The number of amides is 3. The van der Waals surface area contributed by atoms with Crippen molar-refractivity contribution >= 4 is 23.4 Å². The first-order valence-electron chi connectivity index (χ1n) is 10.00. The molecule has 2 bridgehead atoms. The summed E-state index contributed by atoms with van der Waals surface area (Å²) in [7, 11) is 1.75. The Morgan fingerprint density at radius 1 is 0.966 bits per heavy atom. The summed E-state index contributed by atoms with van der Waals surface area (Å²) in [5.74, 6) is -0.522. The van der Waals surface area contributed by atoms with Crippen LogP contribution in [-0.4, -0.2) is 29.7 Å². The minimum Gasteiger partial charge on any atom is -0.337 e. The number of allylic oxidation sites excluding steroid dienone is 2. The van der Waals surface area contributed by atoms with Crippen molar-refractivity contribution in [3.8, 4) is 0 Å². The Balaban J connectivity index is 1.38. The lowest BCUT2D eigenvalue weighted by molar-refractivity contribution is -0.123. The zero-order valence-corrected chi connectivity index (χ0v) is 16.2. The normalized spacial score (nSPS) is 26.9. The van der Waals surface area contributed by atoms with Crippen molar-refractivity contribution in [3.63, 3.8) is 0 Å². The fourth-order valence-electron chi connectivity index (χ4n) is 5.08. The number of rotatable bonds is 4. The smallest absolute Gasteiger partial charge is 0.253 e. The van der Waals surface area contributed by atoms with E-state index in [-0.39, 0.29) is 41.4 Å². The van der Waals surface area contributed by atoms with Crippen molar-refractivity contribution < 1.29 is 14.4 Å². The van der Waals surface area contributed by atoms with Gasteiger partial charge in [0.2, 0.25) is 11.8 Å². The predicted octanol–water partition coefficient (Wildman–Crippen LogP) is 3.27. The Kier molecular flexibility index (Phi) is 4.12. The third-order valence-electron chi connectivity index (χ3n) is 6.43. The van der Waals surface area contributed by atoms with Crippen LogP contribution >= 0.6 is 0 Å². The van der Waals surface area contributed by atoms with Crippen molar-refractivity contribution in [1.82, 2.24) is 4.90 Å². The first kappa shape index (κ1) is 17.9. The quantitative estimate of drug-likeness (QED) is 0.599. The maximum atomic E-state index is 13.0. The van der Waals surface area contributed by atoms with Crippen LogP contribution in [0.15, 0.2) is 66.7 Å². The number of anilines is 1. The summed E-state index contributed by atoms with van der Waals surface area (Å²) >= 11 is 0. The van der Waals surface area contributed by atoms with Gasteiger partial charge in [-0.15, -0.1) is 0 Å². The number of carbonyl (C=O) groups excluding carboxylic acids is 3. The first-order valence-corrected chi connectivity index (χ1v) is 10.00. The van der Waals surface area contributed by atoms with E-state index in [1.807, 2.05) is 30.3 Å². The molecular weight excluding hydrogens is 364 g/mol. The Morgan fingerprint density at radius 3 is 2.28 bits per heavy atom. The molecule has 0 radical (unpaired) electrons. The number of hydrogen-bond acceptors (Lipinski definition) is 3. The molecule has 5 heteroatoms. The Bertz CT molecular complexity index is 999. The van der Waals surface area contributed by atoms with Crippen LogP contribution in [0.5, 0.6) is 0 Å². The van der Waals surface area contributed by atoms with Crippen molar-refractivity contribution in [3.05, 3.63) is 77.9 Å². The topological polar surface area (TPSA) is 57.7 Å². The lowest BCUT2D eigenvalue weighted by Crippen LogP contribution is -2.33. The predicted molar refractivity (Wildman–Crippen MR) is 109 cm³/mol. The molecule has 1 saturated heterocycles. The molecule has 2 fully saturated rings. The third-order valence-corrected chi connectivity index (χ3v) is 6.43. The van der Waals surface area contributed by atoms with E-state index in [0.717, 1.165) is 12.0 Å². The lowest BCUT2D eigenvalue weighted by Gasteiger charge is -2.20. The van der Waals surface area contributed by atoms with Gasteiger partial charge < -0.3 is 4.90 Å². The third kappa shape index (κ3) is 2.80. The van der Waals surface area contributed by atoms with E-state index in [0.29, 0.717) is 17.8 Å². The fraction of sp³-hybridized carbons (Fsp3) is 0.292. The number of carbonyl (C=O) groups is 3. The van der Waals surface area contributed by atoms with Crippen molar-refractivity contribution in [2.75, 3.05) is 11.9 Å². The van der Waals surface area contributed by atoms with E-state index in [9.17, 15) is 14.4 Å². The van der Waals surface area contributed by atoms with Gasteiger partial charge in [0, 0.05) is 19.2 Å². The molecule has 0 N–H and O–H groups in total. The summed E-state index contributed by atoms with van der Waals surface area (Å²) in [5.41, 5.74) is 2.01. The van der Waals surface area contributed by atoms with Crippen molar-refractivity contribution in [1.29, 1.82) is 0 Å². The molecule has 3 aliphatic rings. The highest BCUT2D eigenvalue weighted by Gasteiger charge is 2.59. The summed E-state index contributed by atoms with van der Waals surface area (Å²) < 4.78 is 0. The second kappa shape index (κ2) is 6.69. The largest absolute Gasteiger partial charge is 0.337 e. The van der Waals surface area contributed by atoms with Gasteiger partial charge in [-0.05, 0) is 42.0 Å². The monoisotopic (exact) mass is 386 g/mol. The average Bonchev–Trinajstić information content (AvgIpc) is 3.42. The van der Waals surface area contributed by atoms with Gasteiger partial charge in [0.25, 0.3) is 5.91 Å². The van der Waals surface area contributed by atoms with Crippen LogP contribution < -0.4 is 4.90 Å². The lowest BCUT2D eigenvalue weighted by atomic mass is 9.85. The second-order valence-electron chi connectivity index (χ2n) is 8.21. The first-order chi connectivity index (χ1) is 14.0. The molecule has 0 unspecified atom stereocenters. The zero-order chi connectivity index (χ0) is 20.1. The van der Waals surface area contributed by atoms with E-state index < -0.39 is 0 Å². The van der Waals surface area contributed by atoms with Crippen LogP contribution in [0.2, 0.25) is 0 Å². The van der Waals surface area contributed by atoms with Crippen LogP contribution in [0.4, 0.5) is 5.69 Å². The summed E-state index contributed by atoms with van der Waals surface area (Å²) in [5, 5.41) is 0. The Hall–Kier alpha value is -3.21. The zero-order valence-electron chi connectivity index (χ0n) is 16.2. The number of imide groups is 1. The number of nitrogens with zero attached hydrogens (tertiary/aromatic N) is 2. The van der Waals surface area contributed by atoms with Gasteiger partial charge in [-0.3, -0.25) is 14.4 Å². The molecule has 2 aromatic carbocycles. The minimum atomic E-state index is -0.238. The van der Waals surface area contributed by atoms with Crippen LogP contribution in [0.1, 0.15) is 22.3 Å².